The molecule has 1 aliphatic rings. The maximum Gasteiger partial charge on any atom is 0.471 e. The number of hydrogen-bond donors (Lipinski definition) is 3. The second-order valence-corrected chi connectivity index (χ2v) is 10.7. The molecule has 1 amide bonds. The molecule has 1 saturated heterocycles. The Morgan fingerprint density at radius 1 is 0.933 bits per heavy atom. The van der Waals surface area contributed by atoms with Gasteiger partial charge in [0.15, 0.2) is 0 Å². The summed E-state index contributed by atoms with van der Waals surface area (Å²) in [4.78, 5) is 38.4. The van der Waals surface area contributed by atoms with Crippen molar-refractivity contribution >= 4 is 5.91 Å². The number of carbonyl (C=O) groups is 1. The number of halogens is 3. The van der Waals surface area contributed by atoms with Crippen LogP contribution in [0.1, 0.15) is 41.3 Å². The van der Waals surface area contributed by atoms with E-state index in [1.165, 1.54) is 6.20 Å². The lowest BCUT2D eigenvalue weighted by Crippen LogP contribution is -2.38. The predicted octanol–water partition coefficient (Wildman–Crippen LogP) is 3.80. The first-order chi connectivity index (χ1) is 21.6. The Morgan fingerprint density at radius 3 is 1.98 bits per heavy atom. The van der Waals surface area contributed by atoms with Crippen molar-refractivity contribution in [3.8, 4) is 0 Å². The summed E-state index contributed by atoms with van der Waals surface area (Å²) in [5, 5.41) is 12.8. The number of nitrogens with zero attached hydrogens (tertiary/aromatic N) is 1. The van der Waals surface area contributed by atoms with E-state index >= 15 is 0 Å². The standard InChI is InChI=1S/C33H32F3N3O6/c34-33(35,36)30(42)37-18-10-11-22-20-39(31(43)38-29(22)41)28-19-26(40)27(45-28)21-44-32(23-12-4-1-5-13-23,24-14-6-2-7-15-24)25-16-8-3-9-17-25/h1-9,12-17,20,26-28,40H,10-11,18-19,21H2,(H,37,42)(H,38,41,43)/t26?,27-,28-/m0/s1. The molecule has 1 aliphatic heterocycles. The van der Waals surface area contributed by atoms with Gasteiger partial charge in [0, 0.05) is 24.7 Å². The first kappa shape index (κ1) is 31.9. The van der Waals surface area contributed by atoms with Gasteiger partial charge in [0.25, 0.3) is 5.56 Å². The Balaban J connectivity index is 1.36. The third-order valence-corrected chi connectivity index (χ3v) is 7.73. The molecule has 1 fully saturated rings. The lowest BCUT2D eigenvalue weighted by Gasteiger charge is -2.37. The van der Waals surface area contributed by atoms with Crippen LogP contribution in [-0.4, -0.2) is 52.1 Å². The van der Waals surface area contributed by atoms with E-state index in [-0.39, 0.29) is 38.0 Å². The number of hydrogen-bond acceptors (Lipinski definition) is 6. The summed E-state index contributed by atoms with van der Waals surface area (Å²) in [6.45, 7) is -0.374. The lowest BCUT2D eigenvalue weighted by molar-refractivity contribution is -0.173. The zero-order valence-corrected chi connectivity index (χ0v) is 24.1. The van der Waals surface area contributed by atoms with E-state index in [0.29, 0.717) is 0 Å². The molecule has 3 aromatic carbocycles. The van der Waals surface area contributed by atoms with Gasteiger partial charge in [-0.1, -0.05) is 91.0 Å². The number of aliphatic hydroxyl groups excluding tert-OH is 1. The summed E-state index contributed by atoms with van der Waals surface area (Å²) in [7, 11) is 0. The number of aryl methyl sites for hydroxylation is 1. The Bertz CT molecular complexity index is 1600. The van der Waals surface area contributed by atoms with Crippen LogP contribution in [0.15, 0.2) is 107 Å². The van der Waals surface area contributed by atoms with Crippen LogP contribution in [0.4, 0.5) is 13.2 Å². The van der Waals surface area contributed by atoms with Crippen molar-refractivity contribution in [2.75, 3.05) is 13.2 Å². The van der Waals surface area contributed by atoms with Crippen LogP contribution >= 0.6 is 0 Å². The van der Waals surface area contributed by atoms with Crippen LogP contribution < -0.4 is 16.6 Å². The number of H-pyrrole nitrogens is 1. The lowest BCUT2D eigenvalue weighted by atomic mass is 9.80. The smallest absolute Gasteiger partial charge is 0.390 e. The average Bonchev–Trinajstić information content (AvgIpc) is 3.41. The molecule has 0 saturated carbocycles. The quantitative estimate of drug-likeness (QED) is 0.173. The fraction of sp³-hybridized carbons (Fsp3) is 0.303. The largest absolute Gasteiger partial charge is 0.471 e. The highest BCUT2D eigenvalue weighted by molar-refractivity contribution is 5.81. The minimum Gasteiger partial charge on any atom is -0.390 e. The molecule has 9 nitrogen and oxygen atoms in total. The number of amides is 1. The Kier molecular flexibility index (Phi) is 9.66. The summed E-state index contributed by atoms with van der Waals surface area (Å²) in [5.41, 5.74) is 0.173. The molecule has 45 heavy (non-hydrogen) atoms. The van der Waals surface area contributed by atoms with Gasteiger partial charge < -0.3 is 19.9 Å². The number of benzene rings is 3. The van der Waals surface area contributed by atoms with Gasteiger partial charge in [-0.05, 0) is 29.5 Å². The van der Waals surface area contributed by atoms with Gasteiger partial charge in [0.1, 0.15) is 17.9 Å². The van der Waals surface area contributed by atoms with Crippen molar-refractivity contribution in [3.05, 3.63) is 140 Å². The summed E-state index contributed by atoms with van der Waals surface area (Å²) >= 11 is 0. The molecule has 0 bridgehead atoms. The van der Waals surface area contributed by atoms with Crippen molar-refractivity contribution in [1.29, 1.82) is 0 Å². The monoisotopic (exact) mass is 623 g/mol. The maximum absolute atomic E-state index is 12.7. The summed E-state index contributed by atoms with van der Waals surface area (Å²) in [5.74, 6) is -2.07. The molecule has 3 atom stereocenters. The van der Waals surface area contributed by atoms with Crippen molar-refractivity contribution in [1.82, 2.24) is 14.9 Å². The number of nitrogens with one attached hydrogen (secondary N) is 2. The van der Waals surface area contributed by atoms with E-state index in [1.54, 1.807) is 5.32 Å². The molecule has 236 valence electrons. The minimum atomic E-state index is -5.01. The highest BCUT2D eigenvalue weighted by Gasteiger charge is 2.42. The highest BCUT2D eigenvalue weighted by atomic mass is 19.4. The molecule has 2 heterocycles. The first-order valence-corrected chi connectivity index (χ1v) is 14.4. The molecule has 12 heteroatoms. The number of rotatable bonds is 11. The Labute approximate surface area is 256 Å². The summed E-state index contributed by atoms with van der Waals surface area (Å²) < 4.78 is 51.3. The molecule has 1 aromatic heterocycles. The summed E-state index contributed by atoms with van der Waals surface area (Å²) in [6.07, 6.45) is -6.50. The molecular weight excluding hydrogens is 591 g/mol. The van der Waals surface area contributed by atoms with Gasteiger partial charge in [-0.3, -0.25) is 19.1 Å². The Hall–Kier alpha value is -4.52. The van der Waals surface area contributed by atoms with Crippen molar-refractivity contribution < 1.29 is 32.5 Å². The topological polar surface area (TPSA) is 123 Å². The van der Waals surface area contributed by atoms with Gasteiger partial charge in [0.05, 0.1) is 12.7 Å². The number of aromatic nitrogens is 2. The third kappa shape index (κ3) is 7.08. The fourth-order valence-corrected chi connectivity index (χ4v) is 5.51. The van der Waals surface area contributed by atoms with E-state index in [0.717, 1.165) is 21.3 Å². The zero-order chi connectivity index (χ0) is 32.0. The highest BCUT2D eigenvalue weighted by Crippen LogP contribution is 2.41. The first-order valence-electron chi connectivity index (χ1n) is 14.4. The van der Waals surface area contributed by atoms with Gasteiger partial charge in [0.2, 0.25) is 0 Å². The molecule has 1 unspecified atom stereocenters. The van der Waals surface area contributed by atoms with Gasteiger partial charge in [-0.15, -0.1) is 0 Å². The molecule has 5 rings (SSSR count). The van der Waals surface area contributed by atoms with E-state index in [9.17, 15) is 32.7 Å². The predicted molar refractivity (Wildman–Crippen MR) is 158 cm³/mol. The average molecular weight is 624 g/mol. The van der Waals surface area contributed by atoms with Crippen LogP contribution in [0, 0.1) is 0 Å². The molecule has 0 radical (unpaired) electrons. The van der Waals surface area contributed by atoms with Gasteiger partial charge >= 0.3 is 17.8 Å². The van der Waals surface area contributed by atoms with Crippen LogP contribution in [0.2, 0.25) is 0 Å². The van der Waals surface area contributed by atoms with Gasteiger partial charge in [-0.2, -0.15) is 13.2 Å². The number of aromatic amines is 1. The Morgan fingerprint density at radius 2 is 1.47 bits per heavy atom. The van der Waals surface area contributed by atoms with Gasteiger partial charge in [-0.25, -0.2) is 4.79 Å². The summed E-state index contributed by atoms with van der Waals surface area (Å²) in [6, 6.07) is 29.0. The second kappa shape index (κ2) is 13.6. The van der Waals surface area contributed by atoms with E-state index < -0.39 is 47.4 Å². The molecule has 0 spiro atoms. The minimum absolute atomic E-state index is 0.0106. The molecule has 3 N–H and O–H groups in total. The van der Waals surface area contributed by atoms with Crippen LogP contribution in [-0.2, 0) is 26.3 Å². The fourth-order valence-electron chi connectivity index (χ4n) is 5.51. The van der Waals surface area contributed by atoms with E-state index in [2.05, 4.69) is 4.98 Å². The molecule has 4 aromatic rings. The molecule has 0 aliphatic carbocycles. The van der Waals surface area contributed by atoms with Crippen LogP contribution in [0.25, 0.3) is 0 Å². The second-order valence-electron chi connectivity index (χ2n) is 10.7. The number of ether oxygens (including phenoxy) is 2. The molecular formula is C33H32F3N3O6. The number of carbonyl (C=O) groups excluding carboxylic acids is 1. The SMILES string of the molecule is O=C(NCCCc1cn([C@@H]2CC(O)[C@H](COC(c3ccccc3)(c3ccccc3)c3ccccc3)O2)c(=O)[nH]c1=O)C(F)(F)F. The van der Waals surface area contributed by atoms with Crippen LogP contribution in [0.3, 0.4) is 0 Å². The van der Waals surface area contributed by atoms with E-state index in [4.69, 9.17) is 9.47 Å². The number of aliphatic hydroxyl groups is 1. The third-order valence-electron chi connectivity index (χ3n) is 7.73. The van der Waals surface area contributed by atoms with Crippen molar-refractivity contribution in [3.63, 3.8) is 0 Å². The maximum atomic E-state index is 12.7. The van der Waals surface area contributed by atoms with Crippen molar-refractivity contribution in [2.45, 2.75) is 49.5 Å². The zero-order valence-electron chi connectivity index (χ0n) is 24.1. The van der Waals surface area contributed by atoms with Crippen molar-refractivity contribution in [2.24, 2.45) is 0 Å². The van der Waals surface area contributed by atoms with E-state index in [1.807, 2.05) is 91.0 Å². The normalized spacial score (nSPS) is 18.5. The van der Waals surface area contributed by atoms with Crippen LogP contribution in [0.5, 0.6) is 0 Å². The number of alkyl halides is 3.